The van der Waals surface area contributed by atoms with Crippen molar-refractivity contribution in [2.75, 3.05) is 21.3 Å². The first-order valence-corrected chi connectivity index (χ1v) is 7.86. The van der Waals surface area contributed by atoms with Crippen LogP contribution in [-0.2, 0) is 28.5 Å². The molecule has 2 bridgehead atoms. The fourth-order valence-corrected chi connectivity index (χ4v) is 5.91. The Labute approximate surface area is 131 Å². The van der Waals surface area contributed by atoms with E-state index in [0.29, 0.717) is 0 Å². The van der Waals surface area contributed by atoms with Crippen molar-refractivity contribution in [3.63, 3.8) is 0 Å². The van der Waals surface area contributed by atoms with Gasteiger partial charge in [-0.05, 0) is 18.8 Å². The van der Waals surface area contributed by atoms with E-state index in [1.807, 2.05) is 0 Å². The number of hydrogen-bond donors (Lipinski definition) is 0. The number of carbonyl (C=O) groups excluding carboxylic acids is 2. The molecule has 1 heterocycles. The second-order valence-electron chi connectivity index (χ2n) is 5.85. The Morgan fingerprint density at radius 2 is 1.76 bits per heavy atom. The second-order valence-corrected chi connectivity index (χ2v) is 7.10. The maximum atomic E-state index is 12.6. The molecule has 0 spiro atoms. The van der Waals surface area contributed by atoms with Gasteiger partial charge in [-0.15, -0.1) is 0 Å². The van der Waals surface area contributed by atoms with Gasteiger partial charge in [0, 0.05) is 20.1 Å². The molecule has 0 radical (unpaired) electrons. The second kappa shape index (κ2) is 4.67. The number of ether oxygens (including phenoxy) is 4. The SMILES string of the molecule is COC(=O)[C@@]12OC(=O)[C@@](Br)([C@H]3CCCC[C@H]31)C2(OC)OC. The van der Waals surface area contributed by atoms with Crippen molar-refractivity contribution >= 4 is 27.9 Å². The highest BCUT2D eigenvalue weighted by Gasteiger charge is 2.90. The third-order valence-electron chi connectivity index (χ3n) is 5.38. The molecule has 2 aliphatic carbocycles. The standard InChI is InChI=1S/C14H19BrO6/c1-18-11(17)13-9-7-5-4-6-8(9)12(15,10(16)21-13)14(13,19-2)20-3/h8-9H,4-7H2,1-3H3/t8-,9+,12-,13-/m0/s1. The summed E-state index contributed by atoms with van der Waals surface area (Å²) in [5.74, 6) is -2.89. The van der Waals surface area contributed by atoms with Crippen molar-refractivity contribution in [2.45, 2.75) is 41.4 Å². The lowest BCUT2D eigenvalue weighted by molar-refractivity contribution is -0.273. The third-order valence-corrected chi connectivity index (χ3v) is 6.82. The molecular formula is C14H19BrO6. The van der Waals surface area contributed by atoms with E-state index < -0.39 is 27.7 Å². The zero-order valence-corrected chi connectivity index (χ0v) is 13.9. The molecule has 3 aliphatic rings. The summed E-state index contributed by atoms with van der Waals surface area (Å²) in [4.78, 5) is 25.1. The highest BCUT2D eigenvalue weighted by Crippen LogP contribution is 2.69. The van der Waals surface area contributed by atoms with Gasteiger partial charge in [0.2, 0.25) is 5.79 Å². The first-order valence-electron chi connectivity index (χ1n) is 7.07. The quantitative estimate of drug-likeness (QED) is 0.429. The minimum absolute atomic E-state index is 0.0773. The Hall–Kier alpha value is -0.660. The normalized spacial score (nSPS) is 43.3. The highest BCUT2D eigenvalue weighted by atomic mass is 79.9. The summed E-state index contributed by atoms with van der Waals surface area (Å²) in [6.07, 6.45) is 3.57. The summed E-state index contributed by atoms with van der Waals surface area (Å²) in [6.45, 7) is 0. The molecule has 0 unspecified atom stereocenters. The van der Waals surface area contributed by atoms with E-state index in [4.69, 9.17) is 18.9 Å². The average Bonchev–Trinajstić information content (AvgIpc) is 2.84. The van der Waals surface area contributed by atoms with Crippen LogP contribution in [0.25, 0.3) is 0 Å². The van der Waals surface area contributed by atoms with Gasteiger partial charge >= 0.3 is 11.9 Å². The van der Waals surface area contributed by atoms with Crippen molar-refractivity contribution in [2.24, 2.45) is 11.8 Å². The molecule has 21 heavy (non-hydrogen) atoms. The molecule has 0 amide bonds. The van der Waals surface area contributed by atoms with Gasteiger partial charge in [0.1, 0.15) is 0 Å². The van der Waals surface area contributed by atoms with Crippen LogP contribution in [0.4, 0.5) is 0 Å². The van der Waals surface area contributed by atoms with E-state index in [-0.39, 0.29) is 11.8 Å². The summed E-state index contributed by atoms with van der Waals surface area (Å²) in [5, 5.41) is 0. The van der Waals surface area contributed by atoms with Crippen LogP contribution in [0.2, 0.25) is 0 Å². The van der Waals surface area contributed by atoms with Crippen LogP contribution in [0.1, 0.15) is 25.7 Å². The molecule has 0 N–H and O–H groups in total. The van der Waals surface area contributed by atoms with Crippen molar-refractivity contribution in [3.8, 4) is 0 Å². The summed E-state index contributed by atoms with van der Waals surface area (Å²) in [7, 11) is 4.14. The largest absolute Gasteiger partial charge is 0.466 e. The van der Waals surface area contributed by atoms with Crippen LogP contribution in [0.15, 0.2) is 0 Å². The first-order chi connectivity index (χ1) is 9.96. The van der Waals surface area contributed by atoms with E-state index in [0.717, 1.165) is 25.7 Å². The number of rotatable bonds is 3. The summed E-state index contributed by atoms with van der Waals surface area (Å²) >= 11 is 3.54. The molecule has 118 valence electrons. The predicted molar refractivity (Wildman–Crippen MR) is 74.7 cm³/mol. The molecule has 4 atom stereocenters. The van der Waals surface area contributed by atoms with Gasteiger partial charge in [0.05, 0.1) is 7.11 Å². The van der Waals surface area contributed by atoms with Gasteiger partial charge < -0.3 is 18.9 Å². The topological polar surface area (TPSA) is 71.1 Å². The van der Waals surface area contributed by atoms with Gasteiger partial charge in [-0.2, -0.15) is 0 Å². The third kappa shape index (κ3) is 1.36. The van der Waals surface area contributed by atoms with Crippen LogP contribution < -0.4 is 0 Å². The fraction of sp³-hybridized carbons (Fsp3) is 0.857. The molecule has 0 aromatic carbocycles. The zero-order valence-electron chi connectivity index (χ0n) is 12.3. The number of alkyl halides is 1. The Bertz CT molecular complexity index is 490. The lowest BCUT2D eigenvalue weighted by Crippen LogP contribution is -2.63. The summed E-state index contributed by atoms with van der Waals surface area (Å²) in [6, 6.07) is 0. The number of methoxy groups -OCH3 is 3. The molecular weight excluding hydrogens is 344 g/mol. The Kier molecular flexibility index (Phi) is 3.39. The Balaban J connectivity index is 2.26. The Morgan fingerprint density at radius 1 is 1.19 bits per heavy atom. The van der Waals surface area contributed by atoms with Gasteiger partial charge in [-0.25, -0.2) is 4.79 Å². The lowest BCUT2D eigenvalue weighted by atomic mass is 9.73. The number of fused-ring (bicyclic) bond motifs is 5. The van der Waals surface area contributed by atoms with Gasteiger partial charge in [0.15, 0.2) is 4.32 Å². The van der Waals surface area contributed by atoms with Crippen molar-refractivity contribution in [3.05, 3.63) is 0 Å². The van der Waals surface area contributed by atoms with Gasteiger partial charge in [-0.1, -0.05) is 28.8 Å². The van der Waals surface area contributed by atoms with Gasteiger partial charge in [-0.3, -0.25) is 4.79 Å². The minimum atomic E-state index is -1.54. The molecule has 2 saturated carbocycles. The van der Waals surface area contributed by atoms with Crippen molar-refractivity contribution in [1.29, 1.82) is 0 Å². The lowest BCUT2D eigenvalue weighted by Gasteiger charge is -2.40. The minimum Gasteiger partial charge on any atom is -0.466 e. The molecule has 7 heteroatoms. The zero-order chi connectivity index (χ0) is 15.5. The van der Waals surface area contributed by atoms with Gasteiger partial charge in [0.25, 0.3) is 5.60 Å². The smallest absolute Gasteiger partial charge is 0.356 e. The number of carbonyl (C=O) groups is 2. The summed E-state index contributed by atoms with van der Waals surface area (Å²) < 4.78 is 20.6. The molecule has 0 aromatic rings. The monoisotopic (exact) mass is 362 g/mol. The maximum Gasteiger partial charge on any atom is 0.356 e. The van der Waals surface area contributed by atoms with Crippen LogP contribution in [0.5, 0.6) is 0 Å². The van der Waals surface area contributed by atoms with E-state index in [2.05, 4.69) is 15.9 Å². The van der Waals surface area contributed by atoms with Crippen LogP contribution in [-0.4, -0.2) is 49.0 Å². The average molecular weight is 363 g/mol. The van der Waals surface area contributed by atoms with E-state index in [1.54, 1.807) is 0 Å². The molecule has 3 rings (SSSR count). The van der Waals surface area contributed by atoms with E-state index in [1.165, 1.54) is 21.3 Å². The fourth-order valence-electron chi connectivity index (χ4n) is 4.66. The van der Waals surface area contributed by atoms with Crippen LogP contribution in [0, 0.1) is 11.8 Å². The van der Waals surface area contributed by atoms with E-state index >= 15 is 0 Å². The van der Waals surface area contributed by atoms with Crippen LogP contribution >= 0.6 is 15.9 Å². The molecule has 0 aromatic heterocycles. The molecule has 1 aliphatic heterocycles. The number of halogens is 1. The van der Waals surface area contributed by atoms with Crippen molar-refractivity contribution < 1.29 is 28.5 Å². The maximum absolute atomic E-state index is 12.6. The molecule has 6 nitrogen and oxygen atoms in total. The Morgan fingerprint density at radius 3 is 2.29 bits per heavy atom. The molecule has 3 fully saturated rings. The first kappa shape index (κ1) is 15.2. The van der Waals surface area contributed by atoms with Crippen LogP contribution in [0.3, 0.4) is 0 Å². The number of hydrogen-bond acceptors (Lipinski definition) is 6. The summed E-state index contributed by atoms with van der Waals surface area (Å²) in [5.41, 5.74) is -1.54. The van der Waals surface area contributed by atoms with Crippen molar-refractivity contribution in [1.82, 2.24) is 0 Å². The highest BCUT2D eigenvalue weighted by molar-refractivity contribution is 9.10. The predicted octanol–water partition coefficient (Wildman–Crippen LogP) is 1.40. The van der Waals surface area contributed by atoms with E-state index in [9.17, 15) is 9.59 Å². The number of esters is 2. The molecule has 1 saturated heterocycles.